The topological polar surface area (TPSA) is 39.1 Å². The second-order valence-corrected chi connectivity index (χ2v) is 17.2. The van der Waals surface area contributed by atoms with E-state index < -0.39 is 5.41 Å². The van der Waals surface area contributed by atoms with Crippen LogP contribution in [-0.4, -0.2) is 5.71 Å². The molecule has 0 saturated heterocycles. The highest BCUT2D eigenvalue weighted by Crippen LogP contribution is 2.58. The molecule has 0 spiro atoms. The van der Waals surface area contributed by atoms with Crippen LogP contribution in [0.25, 0.3) is 44.6 Å². The first-order valence-electron chi connectivity index (χ1n) is 22.9. The monoisotopic (exact) mass is 855 g/mol. The van der Waals surface area contributed by atoms with Gasteiger partial charge in [-0.2, -0.15) is 0 Å². The number of nitrogens with one attached hydrogen (secondary N) is 2. The minimum absolute atomic E-state index is 0.447. The van der Waals surface area contributed by atoms with Crippen molar-refractivity contribution in [2.24, 2.45) is 0 Å². The lowest BCUT2D eigenvalue weighted by Gasteiger charge is -2.38. The van der Waals surface area contributed by atoms with Crippen LogP contribution in [0.2, 0.25) is 0 Å². The van der Waals surface area contributed by atoms with Crippen LogP contribution in [0.4, 0.5) is 11.4 Å². The molecule has 1 aliphatic carbocycles. The smallest absolute Gasteiger partial charge is 0.0782 e. The molecule has 0 amide bonds. The number of fused-ring (bicyclic) bond motifs is 5. The summed E-state index contributed by atoms with van der Waals surface area (Å²) in [7, 11) is 0. The molecule has 316 valence electrons. The van der Waals surface area contributed by atoms with Gasteiger partial charge in [-0.15, -0.1) is 0 Å². The molecule has 0 unspecified atom stereocenters. The van der Waals surface area contributed by atoms with Crippen molar-refractivity contribution in [1.29, 1.82) is 5.41 Å². The van der Waals surface area contributed by atoms with Gasteiger partial charge in [0.05, 0.1) is 33.9 Å². The van der Waals surface area contributed by atoms with Crippen LogP contribution >= 0.6 is 0 Å². The first-order valence-corrected chi connectivity index (χ1v) is 22.9. The van der Waals surface area contributed by atoms with Crippen LogP contribution in [-0.2, 0) is 5.41 Å². The summed E-state index contributed by atoms with van der Waals surface area (Å²) in [5.41, 5.74) is 17.9. The fourth-order valence-electron chi connectivity index (χ4n) is 10.7. The Morgan fingerprint density at radius 1 is 0.418 bits per heavy atom. The zero-order valence-corrected chi connectivity index (χ0v) is 36.8. The van der Waals surface area contributed by atoms with Crippen LogP contribution in [0.15, 0.2) is 261 Å². The molecular weight excluding hydrogens is 811 g/mol. The highest BCUT2D eigenvalue weighted by Gasteiger charge is 2.46. The van der Waals surface area contributed by atoms with Crippen molar-refractivity contribution in [2.75, 3.05) is 4.90 Å². The van der Waals surface area contributed by atoms with E-state index in [1.165, 1.54) is 33.4 Å². The number of hydrogen-bond donors (Lipinski definition) is 2. The molecule has 10 aromatic carbocycles. The zero-order chi connectivity index (χ0) is 44.7. The largest absolute Gasteiger partial charge is 0.352 e. The molecule has 3 nitrogen and oxygen atoms in total. The van der Waals surface area contributed by atoms with Gasteiger partial charge in [-0.25, -0.2) is 0 Å². The van der Waals surface area contributed by atoms with Gasteiger partial charge in [-0.3, -0.25) is 5.41 Å². The highest BCUT2D eigenvalue weighted by atomic mass is 15.2. The maximum atomic E-state index is 9.95. The van der Waals surface area contributed by atoms with Crippen LogP contribution < -0.4 is 10.2 Å². The quantitative estimate of drug-likeness (QED) is 0.142. The predicted octanol–water partition coefficient (Wildman–Crippen LogP) is 15.4. The van der Waals surface area contributed by atoms with Crippen LogP contribution in [0.3, 0.4) is 0 Å². The number of benzene rings is 10. The predicted molar refractivity (Wildman–Crippen MR) is 279 cm³/mol. The fraction of sp³-hybridized carbons (Fsp3) is 0.0156. The molecule has 0 aromatic heterocycles. The lowest BCUT2D eigenvalue weighted by molar-refractivity contribution is 0.768. The third-order valence-electron chi connectivity index (χ3n) is 13.6. The van der Waals surface area contributed by atoms with E-state index in [4.69, 9.17) is 0 Å². The van der Waals surface area contributed by atoms with E-state index in [-0.39, 0.29) is 0 Å². The molecule has 12 rings (SSSR count). The molecular formula is C64H45N3. The van der Waals surface area contributed by atoms with Gasteiger partial charge < -0.3 is 10.2 Å². The van der Waals surface area contributed by atoms with E-state index in [1.807, 2.05) is 36.4 Å². The molecule has 2 N–H and O–H groups in total. The number of nitrogens with zero attached hydrogens (tertiary/aromatic N) is 1. The molecule has 0 saturated carbocycles. The van der Waals surface area contributed by atoms with Gasteiger partial charge in [0.15, 0.2) is 0 Å². The van der Waals surface area contributed by atoms with Gasteiger partial charge in [0.25, 0.3) is 0 Å². The van der Waals surface area contributed by atoms with Gasteiger partial charge >= 0.3 is 0 Å². The Morgan fingerprint density at radius 3 is 1.63 bits per heavy atom. The van der Waals surface area contributed by atoms with Crippen molar-refractivity contribution < 1.29 is 0 Å². The van der Waals surface area contributed by atoms with Gasteiger partial charge in [0, 0.05) is 38.9 Å². The molecule has 1 heterocycles. The number of rotatable bonds is 9. The molecule has 0 radical (unpaired) electrons. The van der Waals surface area contributed by atoms with Crippen LogP contribution in [0, 0.1) is 5.41 Å². The average molecular weight is 856 g/mol. The first kappa shape index (κ1) is 39.8. The minimum atomic E-state index is -0.591. The van der Waals surface area contributed by atoms with Crippen LogP contribution in [0.1, 0.15) is 50.1 Å². The SMILES string of the molecule is N=C(/C(=C1\NC(c2ccccc2)=C(N(c2ccc3c(c2)C(c2ccccc2)(c2ccccc2)c2ccccc2-3)c2cccc3ccccc23)c2ccccc21)c1ccccc1)c1ccccc1. The van der Waals surface area contributed by atoms with E-state index in [2.05, 4.69) is 235 Å². The molecule has 10 aromatic rings. The summed E-state index contributed by atoms with van der Waals surface area (Å²) < 4.78 is 0. The third kappa shape index (κ3) is 6.55. The maximum Gasteiger partial charge on any atom is 0.0782 e. The number of allylic oxidation sites excluding steroid dienone is 1. The summed E-state index contributed by atoms with van der Waals surface area (Å²) in [6.07, 6.45) is 0. The highest BCUT2D eigenvalue weighted by molar-refractivity contribution is 6.36. The summed E-state index contributed by atoms with van der Waals surface area (Å²) in [6, 6.07) is 93.3. The Balaban J connectivity index is 1.19. The van der Waals surface area contributed by atoms with E-state index in [0.29, 0.717) is 5.71 Å². The summed E-state index contributed by atoms with van der Waals surface area (Å²) in [6.45, 7) is 0. The summed E-state index contributed by atoms with van der Waals surface area (Å²) >= 11 is 0. The van der Waals surface area contributed by atoms with Crippen molar-refractivity contribution in [3.8, 4) is 11.1 Å². The molecule has 67 heavy (non-hydrogen) atoms. The molecule has 1 aliphatic heterocycles. The van der Waals surface area contributed by atoms with Gasteiger partial charge in [-0.1, -0.05) is 243 Å². The first-order chi connectivity index (χ1) is 33.2. The molecule has 0 fully saturated rings. The Bertz CT molecular complexity index is 3490. The molecule has 3 heteroatoms. The normalized spacial score (nSPS) is 14.1. The Hall–Kier alpha value is -8.79. The Labute approximate surface area is 391 Å². The van der Waals surface area contributed by atoms with Crippen molar-refractivity contribution >= 4 is 50.5 Å². The number of anilines is 2. The van der Waals surface area contributed by atoms with Crippen LogP contribution in [0.5, 0.6) is 0 Å². The van der Waals surface area contributed by atoms with Crippen molar-refractivity contribution in [1.82, 2.24) is 5.32 Å². The minimum Gasteiger partial charge on any atom is -0.352 e. The van der Waals surface area contributed by atoms with E-state index in [9.17, 15) is 5.41 Å². The lowest BCUT2D eigenvalue weighted by atomic mass is 9.67. The Morgan fingerprint density at radius 2 is 0.940 bits per heavy atom. The van der Waals surface area contributed by atoms with Crippen molar-refractivity contribution in [3.63, 3.8) is 0 Å². The fourth-order valence-corrected chi connectivity index (χ4v) is 10.7. The molecule has 2 aliphatic rings. The summed E-state index contributed by atoms with van der Waals surface area (Å²) in [5.74, 6) is 0. The summed E-state index contributed by atoms with van der Waals surface area (Å²) in [4.78, 5) is 2.49. The van der Waals surface area contributed by atoms with Gasteiger partial charge in [0.1, 0.15) is 0 Å². The molecule has 0 atom stereocenters. The summed E-state index contributed by atoms with van der Waals surface area (Å²) in [5, 5.41) is 16.3. The Kier molecular flexibility index (Phi) is 9.88. The number of hydrogen-bond acceptors (Lipinski definition) is 3. The standard InChI is InChI=1S/C64H45N3/c65-60(46-26-8-2-9-27-46)59(45-24-6-1-7-25-45)62-54-37-18-19-38-55(54)63(61(66-62)47-28-10-3-11-29-47)67(58-40-22-30-44-23-16-17-35-51(44)58)50-41-42-53-52-36-20-21-39-56(52)64(57(53)43-50,48-31-12-4-13-32-48)49-33-14-5-15-34-49/h1-43,65-66H/b62-59-,65-60?. The lowest BCUT2D eigenvalue weighted by Crippen LogP contribution is -2.30. The average Bonchev–Trinajstić information content (AvgIpc) is 3.71. The maximum absolute atomic E-state index is 9.95. The third-order valence-corrected chi connectivity index (χ3v) is 13.6. The zero-order valence-electron chi connectivity index (χ0n) is 36.8. The van der Waals surface area contributed by atoms with Crippen molar-refractivity contribution in [3.05, 3.63) is 311 Å². The van der Waals surface area contributed by atoms with Gasteiger partial charge in [-0.05, 0) is 62.5 Å². The second-order valence-electron chi connectivity index (χ2n) is 17.2. The van der Waals surface area contributed by atoms with E-state index in [1.54, 1.807) is 0 Å². The van der Waals surface area contributed by atoms with E-state index >= 15 is 0 Å². The van der Waals surface area contributed by atoms with E-state index in [0.717, 1.165) is 72.6 Å². The molecule has 0 bridgehead atoms. The van der Waals surface area contributed by atoms with Crippen molar-refractivity contribution in [2.45, 2.75) is 5.41 Å². The second kappa shape index (κ2) is 16.6. The van der Waals surface area contributed by atoms with Gasteiger partial charge in [0.2, 0.25) is 0 Å².